The van der Waals surface area contributed by atoms with Gasteiger partial charge in [-0.1, -0.05) is 19.1 Å². The molecule has 132 valence electrons. The van der Waals surface area contributed by atoms with Gasteiger partial charge in [0.15, 0.2) is 0 Å². The number of amides is 1. The fourth-order valence-corrected chi connectivity index (χ4v) is 2.98. The van der Waals surface area contributed by atoms with Crippen LogP contribution in [0.2, 0.25) is 0 Å². The smallest absolute Gasteiger partial charge is 0.251 e. The first-order valence-corrected chi connectivity index (χ1v) is 9.15. The molecule has 0 aliphatic carbocycles. The Labute approximate surface area is 149 Å². The summed E-state index contributed by atoms with van der Waals surface area (Å²) in [5.74, 6) is 0.760. The Hall–Kier alpha value is -2.43. The molecule has 0 radical (unpaired) electrons. The van der Waals surface area contributed by atoms with Gasteiger partial charge < -0.3 is 10.2 Å². The van der Waals surface area contributed by atoms with E-state index in [4.69, 9.17) is 0 Å². The highest BCUT2D eigenvalue weighted by Gasteiger charge is 2.14. The van der Waals surface area contributed by atoms with Crippen LogP contribution in [0, 0.1) is 0 Å². The van der Waals surface area contributed by atoms with Crippen LogP contribution in [0.25, 0.3) is 11.1 Å². The molecule has 1 aliphatic heterocycles. The Balaban J connectivity index is 1.75. The van der Waals surface area contributed by atoms with E-state index in [0.29, 0.717) is 5.56 Å². The van der Waals surface area contributed by atoms with Crippen molar-refractivity contribution >= 4 is 11.9 Å². The van der Waals surface area contributed by atoms with Crippen molar-refractivity contribution in [2.45, 2.75) is 45.6 Å². The SMILES string of the molecule is CC[C@H](C)NC(=O)c1cccc(-c2cnc(N3CCCCC3)nc2)c1. The minimum absolute atomic E-state index is 0.0398. The first kappa shape index (κ1) is 17.4. The van der Waals surface area contributed by atoms with Crippen molar-refractivity contribution in [1.29, 1.82) is 0 Å². The summed E-state index contributed by atoms with van der Waals surface area (Å²) < 4.78 is 0. The van der Waals surface area contributed by atoms with Crippen molar-refractivity contribution in [3.8, 4) is 11.1 Å². The molecule has 0 bridgehead atoms. The molecule has 25 heavy (non-hydrogen) atoms. The van der Waals surface area contributed by atoms with Crippen LogP contribution in [0.15, 0.2) is 36.7 Å². The van der Waals surface area contributed by atoms with Crippen LogP contribution in [0.1, 0.15) is 49.9 Å². The summed E-state index contributed by atoms with van der Waals surface area (Å²) in [6.07, 6.45) is 8.32. The summed E-state index contributed by atoms with van der Waals surface area (Å²) >= 11 is 0. The molecule has 1 aromatic carbocycles. The van der Waals surface area contributed by atoms with Crippen LogP contribution >= 0.6 is 0 Å². The number of hydrogen-bond donors (Lipinski definition) is 1. The first-order valence-electron chi connectivity index (χ1n) is 9.15. The molecule has 1 N–H and O–H groups in total. The van der Waals surface area contributed by atoms with Crippen LogP contribution in [0.3, 0.4) is 0 Å². The van der Waals surface area contributed by atoms with E-state index in [9.17, 15) is 4.79 Å². The van der Waals surface area contributed by atoms with Crippen molar-refractivity contribution < 1.29 is 4.79 Å². The zero-order valence-electron chi connectivity index (χ0n) is 15.0. The lowest BCUT2D eigenvalue weighted by molar-refractivity contribution is 0.0939. The number of rotatable bonds is 5. The molecule has 2 heterocycles. The van der Waals surface area contributed by atoms with Gasteiger partial charge in [0.1, 0.15) is 0 Å². The van der Waals surface area contributed by atoms with Crippen LogP contribution in [-0.4, -0.2) is 35.0 Å². The van der Waals surface area contributed by atoms with Crippen LogP contribution in [0.5, 0.6) is 0 Å². The number of aromatic nitrogens is 2. The topological polar surface area (TPSA) is 58.1 Å². The zero-order valence-corrected chi connectivity index (χ0v) is 15.0. The van der Waals surface area contributed by atoms with Gasteiger partial charge in [0, 0.05) is 42.7 Å². The number of nitrogens with zero attached hydrogens (tertiary/aromatic N) is 3. The molecule has 3 rings (SSSR count). The van der Waals surface area contributed by atoms with E-state index in [1.165, 1.54) is 19.3 Å². The summed E-state index contributed by atoms with van der Waals surface area (Å²) in [4.78, 5) is 23.6. The molecule has 1 aromatic heterocycles. The predicted molar refractivity (Wildman–Crippen MR) is 101 cm³/mol. The maximum absolute atomic E-state index is 12.3. The monoisotopic (exact) mass is 338 g/mol. The van der Waals surface area contributed by atoms with E-state index in [0.717, 1.165) is 36.6 Å². The minimum atomic E-state index is -0.0398. The molecule has 0 unspecified atom stereocenters. The Morgan fingerprint density at radius 2 is 1.88 bits per heavy atom. The van der Waals surface area contributed by atoms with Crippen molar-refractivity contribution in [2.24, 2.45) is 0 Å². The van der Waals surface area contributed by atoms with Crippen molar-refractivity contribution in [3.63, 3.8) is 0 Å². The number of hydrogen-bond acceptors (Lipinski definition) is 4. The Kier molecular flexibility index (Phi) is 5.64. The second kappa shape index (κ2) is 8.10. The lowest BCUT2D eigenvalue weighted by atomic mass is 10.1. The number of carbonyl (C=O) groups excluding carboxylic acids is 1. The highest BCUT2D eigenvalue weighted by Crippen LogP contribution is 2.21. The molecule has 1 fully saturated rings. The summed E-state index contributed by atoms with van der Waals surface area (Å²) in [6.45, 7) is 6.13. The second-order valence-corrected chi connectivity index (χ2v) is 6.68. The van der Waals surface area contributed by atoms with Gasteiger partial charge >= 0.3 is 0 Å². The van der Waals surface area contributed by atoms with Gasteiger partial charge in [0.2, 0.25) is 5.95 Å². The van der Waals surface area contributed by atoms with Gasteiger partial charge in [-0.05, 0) is 50.3 Å². The van der Waals surface area contributed by atoms with Crippen molar-refractivity contribution in [2.75, 3.05) is 18.0 Å². The predicted octanol–water partition coefficient (Wildman–Crippen LogP) is 3.66. The molecule has 2 aromatic rings. The van der Waals surface area contributed by atoms with E-state index in [2.05, 4.69) is 27.1 Å². The molecule has 1 saturated heterocycles. The van der Waals surface area contributed by atoms with E-state index < -0.39 is 0 Å². The highest BCUT2D eigenvalue weighted by molar-refractivity contribution is 5.95. The van der Waals surface area contributed by atoms with Crippen LogP contribution in [-0.2, 0) is 0 Å². The fraction of sp³-hybridized carbons (Fsp3) is 0.450. The third-order valence-corrected chi connectivity index (χ3v) is 4.73. The summed E-state index contributed by atoms with van der Waals surface area (Å²) in [5, 5.41) is 3.00. The van der Waals surface area contributed by atoms with Crippen LogP contribution < -0.4 is 10.2 Å². The standard InChI is InChI=1S/C20H26N4O/c1-3-15(2)23-19(25)17-9-7-8-16(12-17)18-13-21-20(22-14-18)24-10-5-4-6-11-24/h7-9,12-15H,3-6,10-11H2,1-2H3,(H,23,25)/t15-/m0/s1. The normalized spacial score (nSPS) is 15.7. The van der Waals surface area contributed by atoms with Gasteiger partial charge in [-0.25, -0.2) is 9.97 Å². The molecular weight excluding hydrogens is 312 g/mol. The molecule has 0 spiro atoms. The van der Waals surface area contributed by atoms with Gasteiger partial charge in [0.25, 0.3) is 5.91 Å². The maximum Gasteiger partial charge on any atom is 0.251 e. The van der Waals surface area contributed by atoms with Gasteiger partial charge in [-0.3, -0.25) is 4.79 Å². The average Bonchev–Trinajstić information content (AvgIpc) is 2.68. The average molecular weight is 338 g/mol. The summed E-state index contributed by atoms with van der Waals surface area (Å²) in [6, 6.07) is 7.79. The van der Waals surface area contributed by atoms with Gasteiger partial charge in [-0.15, -0.1) is 0 Å². The molecular formula is C20H26N4O. The van der Waals surface area contributed by atoms with Crippen molar-refractivity contribution in [3.05, 3.63) is 42.2 Å². The zero-order chi connectivity index (χ0) is 17.6. The van der Waals surface area contributed by atoms with E-state index >= 15 is 0 Å². The largest absolute Gasteiger partial charge is 0.350 e. The van der Waals surface area contributed by atoms with E-state index in [1.807, 2.05) is 43.6 Å². The third-order valence-electron chi connectivity index (χ3n) is 4.73. The number of benzene rings is 1. The number of anilines is 1. The molecule has 5 heteroatoms. The Bertz CT molecular complexity index is 708. The van der Waals surface area contributed by atoms with Gasteiger partial charge in [0.05, 0.1) is 0 Å². The van der Waals surface area contributed by atoms with Gasteiger partial charge in [-0.2, -0.15) is 0 Å². The molecule has 0 saturated carbocycles. The molecule has 1 amide bonds. The number of carbonyl (C=O) groups is 1. The quantitative estimate of drug-likeness (QED) is 0.904. The molecule has 1 atom stereocenters. The fourth-order valence-electron chi connectivity index (χ4n) is 2.98. The minimum Gasteiger partial charge on any atom is -0.350 e. The molecule has 5 nitrogen and oxygen atoms in total. The van der Waals surface area contributed by atoms with Crippen LogP contribution in [0.4, 0.5) is 5.95 Å². The lowest BCUT2D eigenvalue weighted by Gasteiger charge is -2.26. The third kappa shape index (κ3) is 4.35. The molecule has 1 aliphatic rings. The number of piperidine rings is 1. The Morgan fingerprint density at radius 3 is 2.56 bits per heavy atom. The summed E-state index contributed by atoms with van der Waals surface area (Å²) in [5.41, 5.74) is 2.55. The maximum atomic E-state index is 12.3. The summed E-state index contributed by atoms with van der Waals surface area (Å²) in [7, 11) is 0. The highest BCUT2D eigenvalue weighted by atomic mass is 16.1. The Morgan fingerprint density at radius 1 is 1.16 bits per heavy atom. The second-order valence-electron chi connectivity index (χ2n) is 6.68. The number of nitrogens with one attached hydrogen (secondary N) is 1. The van der Waals surface area contributed by atoms with Crippen molar-refractivity contribution in [1.82, 2.24) is 15.3 Å². The van der Waals surface area contributed by atoms with E-state index in [-0.39, 0.29) is 11.9 Å². The first-order chi connectivity index (χ1) is 12.2. The lowest BCUT2D eigenvalue weighted by Crippen LogP contribution is -2.31. The van der Waals surface area contributed by atoms with E-state index in [1.54, 1.807) is 0 Å².